The Balaban J connectivity index is 1.99. The number of anilines is 1. The molecule has 16 heavy (non-hydrogen) atoms. The molecule has 1 aromatic rings. The Labute approximate surface area is 101 Å². The summed E-state index contributed by atoms with van der Waals surface area (Å²) in [4.78, 5) is 5.82. The van der Waals surface area contributed by atoms with Crippen molar-refractivity contribution in [2.75, 3.05) is 11.9 Å². The van der Waals surface area contributed by atoms with Crippen LogP contribution in [0.5, 0.6) is 0 Å². The van der Waals surface area contributed by atoms with Crippen LogP contribution in [0.25, 0.3) is 0 Å². The van der Waals surface area contributed by atoms with E-state index < -0.39 is 0 Å². The maximum atomic E-state index is 5.71. The van der Waals surface area contributed by atoms with Gasteiger partial charge in [-0.1, -0.05) is 0 Å². The van der Waals surface area contributed by atoms with Crippen molar-refractivity contribution in [3.63, 3.8) is 0 Å². The molecular formula is C12H20N2OS. The third kappa shape index (κ3) is 2.74. The zero-order chi connectivity index (χ0) is 11.8. The first-order chi connectivity index (χ1) is 7.46. The number of aryl methyl sites for hydroxylation is 2. The molecule has 90 valence electrons. The first kappa shape index (κ1) is 11.9. The minimum Gasteiger partial charge on any atom is -0.375 e. The van der Waals surface area contributed by atoms with Crippen LogP contribution in [0.1, 0.15) is 37.3 Å². The van der Waals surface area contributed by atoms with Gasteiger partial charge >= 0.3 is 0 Å². The van der Waals surface area contributed by atoms with E-state index in [1.807, 2.05) is 0 Å². The summed E-state index contributed by atoms with van der Waals surface area (Å²) in [5.74, 6) is 0. The molecule has 0 aromatic carbocycles. The molecule has 1 atom stereocenters. The maximum Gasteiger partial charge on any atom is 0.183 e. The maximum absolute atomic E-state index is 5.71. The molecule has 0 saturated carbocycles. The Bertz CT molecular complexity index is 354. The number of nitrogens with one attached hydrogen (secondary N) is 1. The summed E-state index contributed by atoms with van der Waals surface area (Å²) in [5, 5.41) is 4.58. The number of rotatable bonds is 2. The van der Waals surface area contributed by atoms with E-state index in [0.29, 0.717) is 6.04 Å². The highest BCUT2D eigenvalue weighted by molar-refractivity contribution is 7.15. The predicted molar refractivity (Wildman–Crippen MR) is 68.3 cm³/mol. The van der Waals surface area contributed by atoms with E-state index in [4.69, 9.17) is 4.74 Å². The Hall–Kier alpha value is -0.610. The topological polar surface area (TPSA) is 34.2 Å². The van der Waals surface area contributed by atoms with Crippen LogP contribution >= 0.6 is 11.3 Å². The van der Waals surface area contributed by atoms with Crippen molar-refractivity contribution in [2.24, 2.45) is 0 Å². The zero-order valence-electron chi connectivity index (χ0n) is 10.5. The van der Waals surface area contributed by atoms with Crippen molar-refractivity contribution in [3.05, 3.63) is 10.6 Å². The van der Waals surface area contributed by atoms with E-state index in [9.17, 15) is 0 Å². The molecule has 1 fully saturated rings. The number of hydrogen-bond donors (Lipinski definition) is 1. The van der Waals surface area contributed by atoms with Gasteiger partial charge in [0.25, 0.3) is 0 Å². The average molecular weight is 240 g/mol. The number of hydrogen-bond acceptors (Lipinski definition) is 4. The van der Waals surface area contributed by atoms with Gasteiger partial charge in [0, 0.05) is 17.5 Å². The van der Waals surface area contributed by atoms with Crippen molar-refractivity contribution in [1.29, 1.82) is 0 Å². The molecule has 0 aliphatic carbocycles. The lowest BCUT2D eigenvalue weighted by Crippen LogP contribution is -2.40. The lowest BCUT2D eigenvalue weighted by atomic mass is 9.94. The molecule has 4 heteroatoms. The first-order valence-electron chi connectivity index (χ1n) is 5.81. The van der Waals surface area contributed by atoms with Crippen LogP contribution in [0.15, 0.2) is 0 Å². The minimum atomic E-state index is -0.00271. The summed E-state index contributed by atoms with van der Waals surface area (Å²) in [5.41, 5.74) is 1.14. The van der Waals surface area contributed by atoms with Crippen LogP contribution in [-0.4, -0.2) is 23.2 Å². The second kappa shape index (κ2) is 4.34. The summed E-state index contributed by atoms with van der Waals surface area (Å²) >= 11 is 1.75. The largest absolute Gasteiger partial charge is 0.375 e. The van der Waals surface area contributed by atoms with Gasteiger partial charge < -0.3 is 10.1 Å². The van der Waals surface area contributed by atoms with Crippen LogP contribution in [0.3, 0.4) is 0 Å². The van der Waals surface area contributed by atoms with Crippen LogP contribution in [0.4, 0.5) is 5.13 Å². The van der Waals surface area contributed by atoms with E-state index in [-0.39, 0.29) is 5.60 Å². The lowest BCUT2D eigenvalue weighted by molar-refractivity contribution is -0.0553. The number of thiazole rings is 1. The third-order valence-electron chi connectivity index (χ3n) is 3.05. The van der Waals surface area contributed by atoms with E-state index >= 15 is 0 Å². The second-order valence-corrected chi connectivity index (χ2v) is 6.31. The molecule has 1 aliphatic rings. The van der Waals surface area contributed by atoms with Gasteiger partial charge in [0.15, 0.2) is 5.13 Å². The van der Waals surface area contributed by atoms with Gasteiger partial charge in [-0.25, -0.2) is 4.98 Å². The summed E-state index contributed by atoms with van der Waals surface area (Å²) in [6.07, 6.45) is 2.12. The smallest absolute Gasteiger partial charge is 0.183 e. The van der Waals surface area contributed by atoms with Crippen molar-refractivity contribution < 1.29 is 4.74 Å². The average Bonchev–Trinajstić information content (AvgIpc) is 2.43. The van der Waals surface area contributed by atoms with Gasteiger partial charge in [-0.15, -0.1) is 11.3 Å². The van der Waals surface area contributed by atoms with Crippen molar-refractivity contribution in [3.8, 4) is 0 Å². The minimum absolute atomic E-state index is 0.00271. The molecule has 0 radical (unpaired) electrons. The van der Waals surface area contributed by atoms with E-state index in [1.54, 1.807) is 11.3 Å². The molecule has 0 spiro atoms. The normalized spacial score (nSPS) is 24.4. The number of ether oxygens (including phenoxy) is 1. The Kier molecular flexibility index (Phi) is 3.22. The zero-order valence-corrected chi connectivity index (χ0v) is 11.3. The lowest BCUT2D eigenvalue weighted by Gasteiger charge is -2.35. The molecule has 3 nitrogen and oxygen atoms in total. The molecule has 2 heterocycles. The molecule has 1 unspecified atom stereocenters. The summed E-state index contributed by atoms with van der Waals surface area (Å²) in [7, 11) is 0. The van der Waals surface area contributed by atoms with Crippen LogP contribution in [-0.2, 0) is 4.74 Å². The fourth-order valence-electron chi connectivity index (χ4n) is 2.06. The highest BCUT2D eigenvalue weighted by Crippen LogP contribution is 2.28. The van der Waals surface area contributed by atoms with Gasteiger partial charge in [0.05, 0.1) is 11.3 Å². The van der Waals surface area contributed by atoms with Crippen LogP contribution < -0.4 is 5.32 Å². The van der Waals surface area contributed by atoms with Gasteiger partial charge in [-0.3, -0.25) is 0 Å². The quantitative estimate of drug-likeness (QED) is 0.862. The highest BCUT2D eigenvalue weighted by Gasteiger charge is 2.29. The Morgan fingerprint density at radius 3 is 2.75 bits per heavy atom. The Morgan fingerprint density at radius 1 is 1.44 bits per heavy atom. The molecular weight excluding hydrogens is 220 g/mol. The third-order valence-corrected chi connectivity index (χ3v) is 4.06. The first-order valence-corrected chi connectivity index (χ1v) is 6.62. The fraction of sp³-hybridized carbons (Fsp3) is 0.750. The summed E-state index contributed by atoms with van der Waals surface area (Å²) in [6, 6.07) is 0.494. The van der Waals surface area contributed by atoms with Crippen LogP contribution in [0, 0.1) is 13.8 Å². The number of nitrogens with zero attached hydrogens (tertiary/aromatic N) is 1. The van der Waals surface area contributed by atoms with Gasteiger partial charge in [0.2, 0.25) is 0 Å². The van der Waals surface area contributed by atoms with Crippen molar-refractivity contribution in [1.82, 2.24) is 4.98 Å². The van der Waals surface area contributed by atoms with Crippen LogP contribution in [0.2, 0.25) is 0 Å². The van der Waals surface area contributed by atoms with Gasteiger partial charge in [0.1, 0.15) is 0 Å². The summed E-state index contributed by atoms with van der Waals surface area (Å²) < 4.78 is 5.71. The SMILES string of the molecule is Cc1nc(NC2CCOC(C)(C)C2)sc1C. The van der Waals surface area contributed by atoms with Gasteiger partial charge in [-0.05, 0) is 40.5 Å². The van der Waals surface area contributed by atoms with E-state index in [2.05, 4.69) is 38.0 Å². The molecule has 1 aromatic heterocycles. The van der Waals surface area contributed by atoms with E-state index in [1.165, 1.54) is 4.88 Å². The molecule has 2 rings (SSSR count). The number of aromatic nitrogens is 1. The fourth-order valence-corrected chi connectivity index (χ4v) is 2.96. The van der Waals surface area contributed by atoms with Crippen molar-refractivity contribution >= 4 is 16.5 Å². The summed E-state index contributed by atoms with van der Waals surface area (Å²) in [6.45, 7) is 9.32. The molecule has 0 amide bonds. The second-order valence-electron chi connectivity index (χ2n) is 5.10. The monoisotopic (exact) mass is 240 g/mol. The van der Waals surface area contributed by atoms with Gasteiger partial charge in [-0.2, -0.15) is 0 Å². The van der Waals surface area contributed by atoms with E-state index in [0.717, 1.165) is 30.3 Å². The molecule has 1 N–H and O–H groups in total. The molecule has 1 aliphatic heterocycles. The standard InChI is InChI=1S/C12H20N2OS/c1-8-9(2)16-11(13-8)14-10-5-6-15-12(3,4)7-10/h10H,5-7H2,1-4H3,(H,13,14). The predicted octanol–water partition coefficient (Wildman–Crippen LogP) is 3.13. The highest BCUT2D eigenvalue weighted by atomic mass is 32.1. The molecule has 0 bridgehead atoms. The Morgan fingerprint density at radius 2 is 2.19 bits per heavy atom. The van der Waals surface area contributed by atoms with Crippen molar-refractivity contribution in [2.45, 2.75) is 52.2 Å². The molecule has 1 saturated heterocycles.